The monoisotopic (exact) mass is 650 g/mol. The van der Waals surface area contributed by atoms with Crippen LogP contribution in [0.25, 0.3) is 32.7 Å². The van der Waals surface area contributed by atoms with Gasteiger partial charge in [0.1, 0.15) is 0 Å². The molecule has 0 saturated carbocycles. The molecule has 4 heteroatoms. The third-order valence-electron chi connectivity index (χ3n) is 11.1. The zero-order valence-electron chi connectivity index (χ0n) is 28.9. The van der Waals surface area contributed by atoms with Crippen molar-refractivity contribution in [2.75, 3.05) is 25.0 Å². The maximum Gasteiger partial charge on any atom is 0.0858 e. The highest BCUT2D eigenvalue weighted by Crippen LogP contribution is 2.52. The van der Waals surface area contributed by atoms with Crippen LogP contribution in [0.4, 0.5) is 5.69 Å². The molecule has 246 valence electrons. The number of nitrogens with one attached hydrogen (secondary N) is 1. The molecule has 0 radical (unpaired) electrons. The Morgan fingerprint density at radius 3 is 2.44 bits per heavy atom. The predicted molar refractivity (Wildman–Crippen MR) is 211 cm³/mol. The molecule has 0 bridgehead atoms. The van der Waals surface area contributed by atoms with E-state index in [1.807, 2.05) is 0 Å². The highest BCUT2D eigenvalue weighted by molar-refractivity contribution is 6.18. The average Bonchev–Trinajstić information content (AvgIpc) is 3.18. The lowest BCUT2D eigenvalue weighted by Gasteiger charge is -2.39. The van der Waals surface area contributed by atoms with Crippen LogP contribution in [0, 0.1) is 5.92 Å². The van der Waals surface area contributed by atoms with Gasteiger partial charge in [0.15, 0.2) is 0 Å². The van der Waals surface area contributed by atoms with Crippen molar-refractivity contribution in [1.29, 1.82) is 0 Å². The summed E-state index contributed by atoms with van der Waals surface area (Å²) in [6.45, 7) is 3.73. The molecule has 3 heterocycles. The second kappa shape index (κ2) is 12.8. The first-order chi connectivity index (χ1) is 24.7. The molecule has 0 aromatic heterocycles. The van der Waals surface area contributed by atoms with Crippen LogP contribution >= 0.6 is 0 Å². The Morgan fingerprint density at radius 2 is 1.62 bits per heavy atom. The van der Waals surface area contributed by atoms with Gasteiger partial charge in [-0.05, 0) is 99.7 Å². The largest absolute Gasteiger partial charge is 0.380 e. The van der Waals surface area contributed by atoms with E-state index in [2.05, 4.69) is 152 Å². The van der Waals surface area contributed by atoms with E-state index < -0.39 is 0 Å². The summed E-state index contributed by atoms with van der Waals surface area (Å²) in [5, 5.41) is 8.87. The Balaban J connectivity index is 1.03. The molecular weight excluding hydrogens is 609 g/mol. The minimum atomic E-state index is 0.0958. The SMILES string of the molecule is C/C=C\C(=NCCc1ccc(C2c3c(c4ccccc4c4ccccc34)-c3ccccc3N2C)cc1)C1CC=NC2=C1CCC1=C2NCC=C1. The molecule has 50 heavy (non-hydrogen) atoms. The molecule has 2 unspecified atom stereocenters. The fourth-order valence-electron chi connectivity index (χ4n) is 8.82. The van der Waals surface area contributed by atoms with Crippen LogP contribution < -0.4 is 10.2 Å². The highest BCUT2D eigenvalue weighted by atomic mass is 15.1. The van der Waals surface area contributed by atoms with E-state index in [0.29, 0.717) is 5.92 Å². The Bertz CT molecular complexity index is 2330. The van der Waals surface area contributed by atoms with Gasteiger partial charge in [0, 0.05) is 49.2 Å². The van der Waals surface area contributed by atoms with Gasteiger partial charge in [0.2, 0.25) is 0 Å². The summed E-state index contributed by atoms with van der Waals surface area (Å²) < 4.78 is 0. The molecule has 2 atom stereocenters. The summed E-state index contributed by atoms with van der Waals surface area (Å²) in [4.78, 5) is 12.6. The van der Waals surface area contributed by atoms with Crippen molar-refractivity contribution in [3.8, 4) is 11.1 Å². The van der Waals surface area contributed by atoms with Crippen LogP contribution in [-0.4, -0.2) is 32.1 Å². The van der Waals surface area contributed by atoms with Crippen LogP contribution in [0.2, 0.25) is 0 Å². The first-order valence-electron chi connectivity index (χ1n) is 18.1. The molecular formula is C46H42N4. The zero-order chi connectivity index (χ0) is 33.6. The van der Waals surface area contributed by atoms with Gasteiger partial charge in [-0.25, -0.2) is 0 Å². The molecule has 4 aliphatic rings. The number of rotatable bonds is 6. The third kappa shape index (κ3) is 5.05. The number of benzene rings is 5. The van der Waals surface area contributed by atoms with Crippen molar-refractivity contribution in [1.82, 2.24) is 5.32 Å². The summed E-state index contributed by atoms with van der Waals surface area (Å²) in [5.74, 6) is 0.290. The van der Waals surface area contributed by atoms with Gasteiger partial charge in [-0.1, -0.05) is 109 Å². The summed E-state index contributed by atoms with van der Waals surface area (Å²) in [5.41, 5.74) is 14.3. The third-order valence-corrected chi connectivity index (χ3v) is 11.1. The maximum atomic E-state index is 5.25. The summed E-state index contributed by atoms with van der Waals surface area (Å²) in [6, 6.07) is 36.2. The molecule has 4 nitrogen and oxygen atoms in total. The molecule has 9 rings (SSSR count). The van der Waals surface area contributed by atoms with E-state index in [9.17, 15) is 0 Å². The number of anilines is 1. The minimum Gasteiger partial charge on any atom is -0.380 e. The summed E-state index contributed by atoms with van der Waals surface area (Å²) in [7, 11) is 2.25. The van der Waals surface area contributed by atoms with Crippen molar-refractivity contribution in [2.24, 2.45) is 15.9 Å². The number of allylic oxidation sites excluding steroid dienone is 5. The van der Waals surface area contributed by atoms with Crippen LogP contribution in [0.5, 0.6) is 0 Å². The van der Waals surface area contributed by atoms with Crippen molar-refractivity contribution in [3.05, 3.63) is 161 Å². The van der Waals surface area contributed by atoms with Gasteiger partial charge in [0.25, 0.3) is 0 Å². The van der Waals surface area contributed by atoms with E-state index in [1.165, 1.54) is 77.6 Å². The van der Waals surface area contributed by atoms with Crippen molar-refractivity contribution in [2.45, 2.75) is 38.6 Å². The van der Waals surface area contributed by atoms with Gasteiger partial charge in [0.05, 0.1) is 17.4 Å². The molecule has 3 aliphatic heterocycles. The number of hydrogen-bond acceptors (Lipinski definition) is 4. The molecule has 5 aromatic rings. The standard InChI is InChI=1S/C46H42N4/c1-3-11-40(35-26-29-49-45-38(35)24-23-31-12-10-27-48-44(31)45)47-28-25-30-19-21-32(22-20-30)46-43-37-16-7-5-14-34(37)33-13-4-6-15-36(33)42(43)39-17-8-9-18-41(39)50(46)2/h3-22,29,35,46,48H,23-28H2,1-2H3/b11-3-,47-40?. The number of aliphatic imine (C=N–C) groups is 2. The van der Waals surface area contributed by atoms with Crippen molar-refractivity contribution >= 4 is 39.2 Å². The van der Waals surface area contributed by atoms with E-state index in [-0.39, 0.29) is 6.04 Å². The van der Waals surface area contributed by atoms with E-state index in [0.717, 1.165) is 44.5 Å². The quantitative estimate of drug-likeness (QED) is 0.147. The van der Waals surface area contributed by atoms with Gasteiger partial charge < -0.3 is 10.2 Å². The molecule has 1 N–H and O–H groups in total. The number of fused-ring (bicyclic) bond motifs is 9. The zero-order valence-corrected chi connectivity index (χ0v) is 28.9. The van der Waals surface area contributed by atoms with Crippen LogP contribution in [0.3, 0.4) is 0 Å². The predicted octanol–water partition coefficient (Wildman–Crippen LogP) is 10.3. The molecule has 5 aromatic carbocycles. The minimum absolute atomic E-state index is 0.0958. The maximum absolute atomic E-state index is 5.25. The lowest BCUT2D eigenvalue weighted by atomic mass is 9.79. The smallest absolute Gasteiger partial charge is 0.0858 e. The van der Waals surface area contributed by atoms with Gasteiger partial charge >= 0.3 is 0 Å². The van der Waals surface area contributed by atoms with E-state index in [1.54, 1.807) is 0 Å². The van der Waals surface area contributed by atoms with E-state index in [4.69, 9.17) is 9.98 Å². The number of hydrogen-bond donors (Lipinski definition) is 1. The van der Waals surface area contributed by atoms with Crippen molar-refractivity contribution in [3.63, 3.8) is 0 Å². The van der Waals surface area contributed by atoms with Gasteiger partial charge in [-0.2, -0.15) is 0 Å². The highest BCUT2D eigenvalue weighted by Gasteiger charge is 2.34. The summed E-state index contributed by atoms with van der Waals surface area (Å²) in [6.07, 6.45) is 14.9. The van der Waals surface area contributed by atoms with E-state index >= 15 is 0 Å². The molecule has 0 saturated heterocycles. The Hall–Kier alpha value is -5.48. The van der Waals surface area contributed by atoms with Gasteiger partial charge in [-0.3, -0.25) is 9.98 Å². The molecule has 0 amide bonds. The first kappa shape index (κ1) is 30.6. The average molecular weight is 651 g/mol. The lowest BCUT2D eigenvalue weighted by molar-refractivity contribution is 0.696. The second-order valence-electron chi connectivity index (χ2n) is 13.9. The van der Waals surface area contributed by atoms with Crippen LogP contribution in [-0.2, 0) is 6.42 Å². The van der Waals surface area contributed by atoms with Crippen LogP contribution in [0.15, 0.2) is 154 Å². The molecule has 0 fully saturated rings. The Kier molecular flexibility index (Phi) is 7.80. The molecule has 1 aliphatic carbocycles. The number of nitrogens with zero attached hydrogens (tertiary/aromatic N) is 3. The Labute approximate surface area is 295 Å². The number of para-hydroxylation sites is 1. The normalized spacial score (nSPS) is 19.9. The van der Waals surface area contributed by atoms with Gasteiger partial charge in [-0.15, -0.1) is 0 Å². The first-order valence-corrected chi connectivity index (χ1v) is 18.1. The summed E-state index contributed by atoms with van der Waals surface area (Å²) >= 11 is 0. The second-order valence-corrected chi connectivity index (χ2v) is 13.9. The fraction of sp³-hybridized carbons (Fsp3) is 0.217. The lowest BCUT2D eigenvalue weighted by Crippen LogP contribution is -2.29. The fourth-order valence-corrected chi connectivity index (χ4v) is 8.82. The van der Waals surface area contributed by atoms with Crippen LogP contribution in [0.1, 0.15) is 48.9 Å². The topological polar surface area (TPSA) is 40.0 Å². The molecule has 0 spiro atoms. The van der Waals surface area contributed by atoms with Crippen molar-refractivity contribution < 1.29 is 0 Å². The number of dihydropyridines is 1. The Morgan fingerprint density at radius 1 is 0.880 bits per heavy atom.